The largest absolute Gasteiger partial charge is 0.322 e. The number of anilines is 1. The van der Waals surface area contributed by atoms with Crippen molar-refractivity contribution in [2.75, 3.05) is 11.9 Å². The van der Waals surface area contributed by atoms with E-state index in [-0.39, 0.29) is 11.6 Å². The lowest BCUT2D eigenvalue weighted by atomic mass is 10.1. The van der Waals surface area contributed by atoms with E-state index >= 15 is 0 Å². The monoisotopic (exact) mass is 322 g/mol. The van der Waals surface area contributed by atoms with Crippen LogP contribution in [0.2, 0.25) is 0 Å². The van der Waals surface area contributed by atoms with Crippen molar-refractivity contribution in [2.45, 2.75) is 25.9 Å². The zero-order valence-electron chi connectivity index (χ0n) is 12.1. The molecular formula is C16H16F2N2OS. The van der Waals surface area contributed by atoms with E-state index in [9.17, 15) is 13.6 Å². The Labute approximate surface area is 131 Å². The Hall–Kier alpha value is -1.79. The average molecular weight is 322 g/mol. The van der Waals surface area contributed by atoms with Crippen molar-refractivity contribution in [3.8, 4) is 0 Å². The maximum atomic E-state index is 13.6. The normalized spacial score (nSPS) is 16.1. The summed E-state index contributed by atoms with van der Waals surface area (Å²) in [6.45, 7) is 3.27. The minimum Gasteiger partial charge on any atom is -0.322 e. The maximum absolute atomic E-state index is 13.6. The van der Waals surface area contributed by atoms with Crippen molar-refractivity contribution in [3.05, 3.63) is 51.7 Å². The second-order valence-corrected chi connectivity index (χ2v) is 6.38. The number of carbonyl (C=O) groups excluding carboxylic acids is 1. The summed E-state index contributed by atoms with van der Waals surface area (Å²) < 4.78 is 26.8. The molecule has 0 saturated carbocycles. The van der Waals surface area contributed by atoms with Gasteiger partial charge >= 0.3 is 0 Å². The highest BCUT2D eigenvalue weighted by molar-refractivity contribution is 7.10. The first-order valence-electron chi connectivity index (χ1n) is 7.10. The minimum absolute atomic E-state index is 0.120. The molecule has 0 saturated heterocycles. The SMILES string of the molecule is C[C@H](C(=O)Nc1cc(F)ccc1F)N1CCc2sccc2C1. The van der Waals surface area contributed by atoms with Gasteiger partial charge < -0.3 is 5.32 Å². The molecule has 2 heterocycles. The second kappa shape index (κ2) is 6.14. The van der Waals surface area contributed by atoms with Gasteiger partial charge in [0.05, 0.1) is 11.7 Å². The highest BCUT2D eigenvalue weighted by Crippen LogP contribution is 2.25. The highest BCUT2D eigenvalue weighted by atomic mass is 32.1. The minimum atomic E-state index is -0.638. The molecule has 1 amide bonds. The number of carbonyl (C=O) groups is 1. The van der Waals surface area contributed by atoms with E-state index in [2.05, 4.69) is 16.8 Å². The third kappa shape index (κ3) is 3.03. The first-order chi connectivity index (χ1) is 10.5. The summed E-state index contributed by atoms with van der Waals surface area (Å²) >= 11 is 1.74. The lowest BCUT2D eigenvalue weighted by molar-refractivity contribution is -0.121. The van der Waals surface area contributed by atoms with Crippen LogP contribution in [0.25, 0.3) is 0 Å². The summed E-state index contributed by atoms with van der Waals surface area (Å²) in [7, 11) is 0. The number of thiophene rings is 1. The molecule has 3 nitrogen and oxygen atoms in total. The van der Waals surface area contributed by atoms with Crippen molar-refractivity contribution < 1.29 is 13.6 Å². The number of benzene rings is 1. The number of rotatable bonds is 3. The summed E-state index contributed by atoms with van der Waals surface area (Å²) in [6.07, 6.45) is 0.916. The number of hydrogen-bond donors (Lipinski definition) is 1. The van der Waals surface area contributed by atoms with Crippen LogP contribution in [0.5, 0.6) is 0 Å². The molecule has 22 heavy (non-hydrogen) atoms. The average Bonchev–Trinajstić information content (AvgIpc) is 2.97. The maximum Gasteiger partial charge on any atom is 0.241 e. The molecule has 1 aromatic heterocycles. The molecule has 1 aliphatic heterocycles. The van der Waals surface area contributed by atoms with Gasteiger partial charge in [0.1, 0.15) is 11.6 Å². The number of amides is 1. The Balaban J connectivity index is 1.69. The van der Waals surface area contributed by atoms with Crippen molar-refractivity contribution in [1.29, 1.82) is 0 Å². The van der Waals surface area contributed by atoms with Gasteiger partial charge in [0.25, 0.3) is 0 Å². The molecule has 1 atom stereocenters. The van der Waals surface area contributed by atoms with Crippen molar-refractivity contribution in [3.63, 3.8) is 0 Å². The summed E-state index contributed by atoms with van der Waals surface area (Å²) in [4.78, 5) is 15.7. The first-order valence-corrected chi connectivity index (χ1v) is 7.98. The van der Waals surface area contributed by atoms with Crippen LogP contribution >= 0.6 is 11.3 Å². The summed E-state index contributed by atoms with van der Waals surface area (Å²) in [5.41, 5.74) is 1.12. The van der Waals surface area contributed by atoms with Crippen LogP contribution < -0.4 is 5.32 Å². The summed E-state index contributed by atoms with van der Waals surface area (Å²) in [5.74, 6) is -1.55. The van der Waals surface area contributed by atoms with Crippen LogP contribution in [0.3, 0.4) is 0 Å². The predicted molar refractivity (Wildman–Crippen MR) is 82.9 cm³/mol. The topological polar surface area (TPSA) is 32.3 Å². The third-order valence-corrected chi connectivity index (χ3v) is 4.97. The van der Waals surface area contributed by atoms with E-state index in [4.69, 9.17) is 0 Å². The Morgan fingerprint density at radius 3 is 3.00 bits per heavy atom. The van der Waals surface area contributed by atoms with E-state index in [1.807, 2.05) is 4.90 Å². The fraction of sp³-hybridized carbons (Fsp3) is 0.312. The van der Waals surface area contributed by atoms with Gasteiger partial charge in [-0.1, -0.05) is 0 Å². The van der Waals surface area contributed by atoms with Gasteiger partial charge in [-0.25, -0.2) is 8.78 Å². The molecule has 1 N–H and O–H groups in total. The molecule has 0 unspecified atom stereocenters. The summed E-state index contributed by atoms with van der Waals surface area (Å²) in [5, 5.41) is 4.53. The van der Waals surface area contributed by atoms with Gasteiger partial charge in [0.15, 0.2) is 0 Å². The van der Waals surface area contributed by atoms with Crippen LogP contribution in [0.4, 0.5) is 14.5 Å². The molecule has 0 bridgehead atoms. The van der Waals surface area contributed by atoms with Crippen molar-refractivity contribution >= 4 is 22.9 Å². The number of nitrogens with one attached hydrogen (secondary N) is 1. The van der Waals surface area contributed by atoms with Crippen LogP contribution in [0.15, 0.2) is 29.6 Å². The molecule has 6 heteroatoms. The molecule has 0 fully saturated rings. The Morgan fingerprint density at radius 2 is 2.18 bits per heavy atom. The molecule has 1 aliphatic rings. The standard InChI is InChI=1S/C16H16F2N2OS/c1-10(20-6-4-15-11(9-20)5-7-22-15)16(21)19-14-8-12(17)2-3-13(14)18/h2-3,5,7-8,10H,4,6,9H2,1H3,(H,19,21)/t10-/m1/s1. The van der Waals surface area contributed by atoms with Gasteiger partial charge in [0, 0.05) is 24.0 Å². The van der Waals surface area contributed by atoms with Crippen LogP contribution in [0, 0.1) is 11.6 Å². The molecule has 0 spiro atoms. The Kier molecular flexibility index (Phi) is 4.22. The van der Waals surface area contributed by atoms with Gasteiger partial charge in [-0.3, -0.25) is 9.69 Å². The van der Waals surface area contributed by atoms with Crippen LogP contribution in [-0.4, -0.2) is 23.4 Å². The molecule has 1 aromatic carbocycles. The number of nitrogens with zero attached hydrogens (tertiary/aromatic N) is 1. The van der Waals surface area contributed by atoms with Gasteiger partial charge in [-0.05, 0) is 42.5 Å². The quantitative estimate of drug-likeness (QED) is 0.939. The predicted octanol–water partition coefficient (Wildman–Crippen LogP) is 3.41. The van der Waals surface area contributed by atoms with Crippen molar-refractivity contribution in [1.82, 2.24) is 4.90 Å². The molecule has 0 aliphatic carbocycles. The molecule has 3 rings (SSSR count). The van der Waals surface area contributed by atoms with Crippen molar-refractivity contribution in [2.24, 2.45) is 0 Å². The number of hydrogen-bond acceptors (Lipinski definition) is 3. The smallest absolute Gasteiger partial charge is 0.241 e. The Morgan fingerprint density at radius 1 is 1.36 bits per heavy atom. The highest BCUT2D eigenvalue weighted by Gasteiger charge is 2.26. The zero-order valence-corrected chi connectivity index (χ0v) is 12.9. The fourth-order valence-corrected chi connectivity index (χ4v) is 3.49. The lowest BCUT2D eigenvalue weighted by Crippen LogP contribution is -2.44. The van der Waals surface area contributed by atoms with E-state index < -0.39 is 17.7 Å². The first kappa shape index (κ1) is 15.1. The lowest BCUT2D eigenvalue weighted by Gasteiger charge is -2.31. The number of halogens is 2. The van der Waals surface area contributed by atoms with E-state index in [1.54, 1.807) is 18.3 Å². The van der Waals surface area contributed by atoms with Crippen LogP contribution in [-0.2, 0) is 17.8 Å². The molecular weight excluding hydrogens is 306 g/mol. The van der Waals surface area contributed by atoms with E-state index in [0.29, 0.717) is 6.54 Å². The third-order valence-electron chi connectivity index (χ3n) is 3.95. The molecule has 0 radical (unpaired) electrons. The fourth-order valence-electron chi connectivity index (χ4n) is 2.60. The van der Waals surface area contributed by atoms with Gasteiger partial charge in [-0.2, -0.15) is 0 Å². The summed E-state index contributed by atoms with van der Waals surface area (Å²) in [6, 6.07) is 4.69. The second-order valence-electron chi connectivity index (χ2n) is 5.38. The molecule has 2 aromatic rings. The van der Waals surface area contributed by atoms with E-state index in [1.165, 1.54) is 10.4 Å². The van der Waals surface area contributed by atoms with Crippen LogP contribution in [0.1, 0.15) is 17.4 Å². The van der Waals surface area contributed by atoms with Gasteiger partial charge in [-0.15, -0.1) is 11.3 Å². The van der Waals surface area contributed by atoms with E-state index in [0.717, 1.165) is 31.2 Å². The Bertz CT molecular complexity index is 701. The number of fused-ring (bicyclic) bond motifs is 1. The zero-order chi connectivity index (χ0) is 15.7. The van der Waals surface area contributed by atoms with Gasteiger partial charge in [0.2, 0.25) is 5.91 Å². The molecule has 116 valence electrons.